The van der Waals surface area contributed by atoms with E-state index in [1.54, 1.807) is 0 Å². The summed E-state index contributed by atoms with van der Waals surface area (Å²) < 4.78 is 55.1. The number of amides is 2. The quantitative estimate of drug-likeness (QED) is 0.343. The lowest BCUT2D eigenvalue weighted by atomic mass is 9.98. The van der Waals surface area contributed by atoms with Crippen LogP contribution < -0.4 is 10.6 Å². The van der Waals surface area contributed by atoms with Gasteiger partial charge in [0.05, 0.1) is 46.5 Å². The summed E-state index contributed by atoms with van der Waals surface area (Å²) in [5.41, 5.74) is -0.189. The molecular formula is C21H13ClF4N8O2. The van der Waals surface area contributed by atoms with E-state index >= 15 is 4.39 Å². The fourth-order valence-electron chi connectivity index (χ4n) is 3.70. The van der Waals surface area contributed by atoms with E-state index < -0.39 is 34.5 Å². The summed E-state index contributed by atoms with van der Waals surface area (Å²) in [5.74, 6) is -3.53. The molecule has 1 atom stereocenters. The number of aromatic nitrogens is 5. The number of fused-ring (bicyclic) bond motifs is 2. The summed E-state index contributed by atoms with van der Waals surface area (Å²) in [6.07, 6.45) is 1.94. The van der Waals surface area contributed by atoms with Gasteiger partial charge >= 0.3 is 12.1 Å². The van der Waals surface area contributed by atoms with Gasteiger partial charge in [-0.25, -0.2) is 9.37 Å². The first-order chi connectivity index (χ1) is 17.1. The van der Waals surface area contributed by atoms with E-state index in [2.05, 4.69) is 25.5 Å². The van der Waals surface area contributed by atoms with Crippen LogP contribution in [0.25, 0.3) is 27.8 Å². The highest BCUT2D eigenvalue weighted by Gasteiger charge is 2.41. The third-order valence-electron chi connectivity index (χ3n) is 5.57. The zero-order chi connectivity index (χ0) is 25.8. The van der Waals surface area contributed by atoms with E-state index in [1.807, 2.05) is 0 Å². The molecule has 3 heterocycles. The van der Waals surface area contributed by atoms with E-state index in [9.17, 15) is 28.0 Å². The molecule has 1 fully saturated rings. The highest BCUT2D eigenvalue weighted by atomic mass is 35.5. The molecular weight excluding hydrogens is 508 g/mol. The first kappa shape index (κ1) is 23.5. The van der Waals surface area contributed by atoms with E-state index in [4.69, 9.17) is 11.6 Å². The van der Waals surface area contributed by atoms with E-state index in [-0.39, 0.29) is 34.0 Å². The molecule has 1 aromatic carbocycles. The van der Waals surface area contributed by atoms with E-state index in [0.29, 0.717) is 11.5 Å². The number of benzene rings is 1. The monoisotopic (exact) mass is 520 g/mol. The molecule has 184 valence electrons. The number of nitrogens with one attached hydrogen (secondary N) is 3. The summed E-state index contributed by atoms with van der Waals surface area (Å²) in [4.78, 5) is 31.9. The smallest absolute Gasteiger partial charge is 0.329 e. The van der Waals surface area contributed by atoms with Crippen LogP contribution in [-0.2, 0) is 9.59 Å². The minimum absolute atomic E-state index is 0.0312. The van der Waals surface area contributed by atoms with Crippen LogP contribution in [0, 0.1) is 23.1 Å². The molecule has 0 spiro atoms. The maximum absolute atomic E-state index is 15.4. The largest absolute Gasteiger partial charge is 0.471 e. The number of carbonyl (C=O) groups excluding carboxylic acids is 2. The lowest BCUT2D eigenvalue weighted by Crippen LogP contribution is -2.39. The molecule has 0 bridgehead atoms. The van der Waals surface area contributed by atoms with Gasteiger partial charge in [-0.1, -0.05) is 11.6 Å². The highest BCUT2D eigenvalue weighted by Crippen LogP contribution is 2.40. The zero-order valence-corrected chi connectivity index (χ0v) is 18.6. The molecule has 1 aliphatic carbocycles. The minimum atomic E-state index is -5.29. The van der Waals surface area contributed by atoms with Crippen LogP contribution in [0.5, 0.6) is 0 Å². The standard InChI is InChI=1S/C21H13ClF4N8O2/c22-16-14(11-6-34-7-12(31-13(34)5-28-11)32-19(35)8-1-2-8)9-4-29-33-18(9)15(17(16)23)10(3-27)30-20(36)21(24,25)26/h4-8,10H,1-2H2,(H,29,33)(H,30,36)(H,32,35). The number of hydrogen-bond donors (Lipinski definition) is 3. The second-order valence-corrected chi connectivity index (χ2v) is 8.41. The number of anilines is 1. The summed E-state index contributed by atoms with van der Waals surface area (Å²) in [5, 5.41) is 19.4. The van der Waals surface area contributed by atoms with Gasteiger partial charge in [0.25, 0.3) is 0 Å². The Kier molecular flexibility index (Phi) is 5.51. The second kappa shape index (κ2) is 8.45. The first-order valence-electron chi connectivity index (χ1n) is 10.4. The van der Waals surface area contributed by atoms with Crippen molar-refractivity contribution in [3.8, 4) is 17.3 Å². The van der Waals surface area contributed by atoms with Crippen molar-refractivity contribution in [2.24, 2.45) is 5.92 Å². The Bertz CT molecular complexity index is 1580. The molecule has 1 unspecified atom stereocenters. The van der Waals surface area contributed by atoms with E-state index in [1.165, 1.54) is 40.6 Å². The molecule has 1 aliphatic rings. The molecule has 1 saturated carbocycles. The molecule has 2 amide bonds. The van der Waals surface area contributed by atoms with Crippen molar-refractivity contribution in [2.45, 2.75) is 25.1 Å². The topological polar surface area (TPSA) is 141 Å². The van der Waals surface area contributed by atoms with Crippen molar-refractivity contribution in [3.63, 3.8) is 0 Å². The van der Waals surface area contributed by atoms with Gasteiger partial charge in [-0.15, -0.1) is 0 Å². The molecule has 3 N–H and O–H groups in total. The number of alkyl halides is 3. The van der Waals surface area contributed by atoms with Crippen LogP contribution >= 0.6 is 11.6 Å². The van der Waals surface area contributed by atoms with Crippen molar-refractivity contribution in [3.05, 3.63) is 41.2 Å². The number of carbonyl (C=O) groups is 2. The number of halogens is 5. The van der Waals surface area contributed by atoms with Crippen LogP contribution in [-0.4, -0.2) is 42.6 Å². The number of nitriles is 1. The van der Waals surface area contributed by atoms with Gasteiger partial charge in [0.15, 0.2) is 17.3 Å². The van der Waals surface area contributed by atoms with Crippen molar-refractivity contribution in [1.29, 1.82) is 5.26 Å². The van der Waals surface area contributed by atoms with Gasteiger partial charge in [-0.3, -0.25) is 19.7 Å². The van der Waals surface area contributed by atoms with Gasteiger partial charge in [0.2, 0.25) is 5.91 Å². The molecule has 5 rings (SSSR count). The molecule has 10 nitrogen and oxygen atoms in total. The number of nitrogens with zero attached hydrogens (tertiary/aromatic N) is 5. The third kappa shape index (κ3) is 4.07. The highest BCUT2D eigenvalue weighted by molar-refractivity contribution is 6.35. The maximum Gasteiger partial charge on any atom is 0.471 e. The summed E-state index contributed by atoms with van der Waals surface area (Å²) >= 11 is 6.28. The SMILES string of the molecule is N#CC(NC(=O)C(F)(F)F)c1c(F)c(Cl)c(-c2cn3cc(NC(=O)C4CC4)nc3cn2)c2cn[nH]c12. The molecule has 0 aliphatic heterocycles. The fraction of sp³-hybridized carbons (Fsp3) is 0.238. The van der Waals surface area contributed by atoms with Crippen molar-refractivity contribution in [1.82, 2.24) is 29.9 Å². The third-order valence-corrected chi connectivity index (χ3v) is 5.93. The Labute approximate surface area is 203 Å². The lowest BCUT2D eigenvalue weighted by Gasteiger charge is -2.17. The Morgan fingerprint density at radius 3 is 2.69 bits per heavy atom. The number of imidazole rings is 1. The number of hydrogen-bond acceptors (Lipinski definition) is 6. The molecule has 0 radical (unpaired) electrons. The van der Waals surface area contributed by atoms with Crippen LogP contribution in [0.1, 0.15) is 24.4 Å². The summed E-state index contributed by atoms with van der Waals surface area (Å²) in [6, 6.07) is -0.574. The van der Waals surface area contributed by atoms with Crippen LogP contribution in [0.2, 0.25) is 5.02 Å². The van der Waals surface area contributed by atoms with Gasteiger partial charge in [0.1, 0.15) is 6.04 Å². The van der Waals surface area contributed by atoms with Crippen LogP contribution in [0.15, 0.2) is 24.8 Å². The first-order valence-corrected chi connectivity index (χ1v) is 10.7. The predicted octanol–water partition coefficient (Wildman–Crippen LogP) is 3.66. The maximum atomic E-state index is 15.4. The van der Waals surface area contributed by atoms with Crippen molar-refractivity contribution >= 4 is 45.8 Å². The Morgan fingerprint density at radius 2 is 2.03 bits per heavy atom. The molecule has 36 heavy (non-hydrogen) atoms. The number of rotatable bonds is 5. The van der Waals surface area contributed by atoms with Gasteiger partial charge in [-0.2, -0.15) is 23.5 Å². The predicted molar refractivity (Wildman–Crippen MR) is 117 cm³/mol. The molecule has 0 saturated heterocycles. The number of H-pyrrole nitrogens is 1. The van der Waals surface area contributed by atoms with Crippen LogP contribution in [0.4, 0.5) is 23.4 Å². The molecule has 15 heteroatoms. The Morgan fingerprint density at radius 1 is 1.28 bits per heavy atom. The van der Waals surface area contributed by atoms with Crippen molar-refractivity contribution < 1.29 is 27.2 Å². The van der Waals surface area contributed by atoms with Crippen molar-refractivity contribution in [2.75, 3.05) is 5.32 Å². The van der Waals surface area contributed by atoms with Gasteiger partial charge < -0.3 is 15.0 Å². The zero-order valence-electron chi connectivity index (χ0n) is 17.8. The lowest BCUT2D eigenvalue weighted by molar-refractivity contribution is -0.174. The van der Waals surface area contributed by atoms with Gasteiger partial charge in [-0.05, 0) is 12.8 Å². The summed E-state index contributed by atoms with van der Waals surface area (Å²) in [7, 11) is 0. The second-order valence-electron chi connectivity index (χ2n) is 8.04. The Balaban J connectivity index is 1.58. The normalized spacial score (nSPS) is 14.6. The Hall–Kier alpha value is -4.25. The number of aromatic amines is 1. The van der Waals surface area contributed by atoms with E-state index in [0.717, 1.165) is 12.8 Å². The molecule has 3 aromatic heterocycles. The minimum Gasteiger partial charge on any atom is -0.329 e. The van der Waals surface area contributed by atoms with Crippen LogP contribution in [0.3, 0.4) is 0 Å². The van der Waals surface area contributed by atoms with Gasteiger partial charge in [0, 0.05) is 23.1 Å². The molecule has 4 aromatic rings. The fourth-order valence-corrected chi connectivity index (χ4v) is 4.00. The average Bonchev–Trinajstić information content (AvgIpc) is 3.45. The summed E-state index contributed by atoms with van der Waals surface area (Å²) in [6.45, 7) is 0. The average molecular weight is 521 g/mol.